The molecule has 3 heteroatoms. The van der Waals surface area contributed by atoms with Gasteiger partial charge in [0, 0.05) is 43.3 Å². The fourth-order valence-electron chi connectivity index (χ4n) is 2.52. The molecular formula is C17H19FN2. The highest BCUT2D eigenvalue weighted by Gasteiger charge is 2.21. The molecule has 0 aliphatic carbocycles. The van der Waals surface area contributed by atoms with Crippen molar-refractivity contribution in [1.29, 1.82) is 0 Å². The Morgan fingerprint density at radius 2 is 1.70 bits per heavy atom. The molecule has 1 aliphatic heterocycles. The van der Waals surface area contributed by atoms with E-state index in [9.17, 15) is 4.39 Å². The summed E-state index contributed by atoms with van der Waals surface area (Å²) >= 11 is 0. The van der Waals surface area contributed by atoms with Crippen LogP contribution in [0, 0.1) is 11.7 Å². The van der Waals surface area contributed by atoms with Crippen LogP contribution in [0.5, 0.6) is 0 Å². The minimum absolute atomic E-state index is 0.125. The SMILES string of the molecule is Fc1ccccc1CN(CC1CNC1)c1ccccc1. The predicted octanol–water partition coefficient (Wildman–Crippen LogP) is 3.05. The Morgan fingerprint density at radius 1 is 1.00 bits per heavy atom. The van der Waals surface area contributed by atoms with Gasteiger partial charge in [0.2, 0.25) is 0 Å². The van der Waals surface area contributed by atoms with E-state index in [4.69, 9.17) is 0 Å². The molecule has 0 bridgehead atoms. The fourth-order valence-corrected chi connectivity index (χ4v) is 2.52. The van der Waals surface area contributed by atoms with Gasteiger partial charge in [-0.25, -0.2) is 4.39 Å². The highest BCUT2D eigenvalue weighted by Crippen LogP contribution is 2.20. The molecule has 0 saturated carbocycles. The highest BCUT2D eigenvalue weighted by atomic mass is 19.1. The van der Waals surface area contributed by atoms with Crippen molar-refractivity contribution >= 4 is 5.69 Å². The predicted molar refractivity (Wildman–Crippen MR) is 80.3 cm³/mol. The number of nitrogens with one attached hydrogen (secondary N) is 1. The van der Waals surface area contributed by atoms with Crippen molar-refractivity contribution in [2.24, 2.45) is 5.92 Å². The molecule has 1 fully saturated rings. The smallest absolute Gasteiger partial charge is 0.128 e. The summed E-state index contributed by atoms with van der Waals surface area (Å²) < 4.78 is 13.9. The van der Waals surface area contributed by atoms with Gasteiger partial charge in [-0.1, -0.05) is 36.4 Å². The van der Waals surface area contributed by atoms with E-state index < -0.39 is 0 Å². The third-order valence-corrected chi connectivity index (χ3v) is 3.78. The molecule has 2 nitrogen and oxygen atoms in total. The number of anilines is 1. The van der Waals surface area contributed by atoms with Gasteiger partial charge in [-0.3, -0.25) is 0 Å². The van der Waals surface area contributed by atoms with Gasteiger partial charge in [0.15, 0.2) is 0 Å². The average Bonchev–Trinajstić information content (AvgIpc) is 2.44. The van der Waals surface area contributed by atoms with Gasteiger partial charge in [0.1, 0.15) is 5.82 Å². The number of hydrogen-bond acceptors (Lipinski definition) is 2. The van der Waals surface area contributed by atoms with Gasteiger partial charge in [0.05, 0.1) is 0 Å². The zero-order valence-corrected chi connectivity index (χ0v) is 11.4. The average molecular weight is 270 g/mol. The molecule has 0 unspecified atom stereocenters. The zero-order valence-electron chi connectivity index (χ0n) is 11.4. The molecule has 104 valence electrons. The molecule has 0 aromatic heterocycles. The van der Waals surface area contributed by atoms with Gasteiger partial charge >= 0.3 is 0 Å². The molecular weight excluding hydrogens is 251 g/mol. The summed E-state index contributed by atoms with van der Waals surface area (Å²) in [6.07, 6.45) is 0. The summed E-state index contributed by atoms with van der Waals surface area (Å²) in [4.78, 5) is 2.27. The van der Waals surface area contributed by atoms with Crippen LogP contribution in [-0.2, 0) is 6.54 Å². The highest BCUT2D eigenvalue weighted by molar-refractivity contribution is 5.47. The van der Waals surface area contributed by atoms with Crippen LogP contribution in [0.4, 0.5) is 10.1 Å². The van der Waals surface area contributed by atoms with Crippen LogP contribution in [0.15, 0.2) is 54.6 Å². The van der Waals surface area contributed by atoms with E-state index >= 15 is 0 Å². The second-order valence-corrected chi connectivity index (χ2v) is 5.33. The third kappa shape index (κ3) is 2.99. The normalized spacial score (nSPS) is 14.8. The number of halogens is 1. The third-order valence-electron chi connectivity index (χ3n) is 3.78. The number of nitrogens with zero attached hydrogens (tertiary/aromatic N) is 1. The van der Waals surface area contributed by atoms with Crippen LogP contribution in [0.1, 0.15) is 5.56 Å². The maximum atomic E-state index is 13.9. The monoisotopic (exact) mass is 270 g/mol. The largest absolute Gasteiger partial charge is 0.367 e. The fraction of sp³-hybridized carbons (Fsp3) is 0.294. The van der Waals surface area contributed by atoms with Crippen molar-refractivity contribution in [3.05, 3.63) is 66.0 Å². The number of rotatable bonds is 5. The molecule has 0 spiro atoms. The first-order valence-corrected chi connectivity index (χ1v) is 7.07. The molecule has 20 heavy (non-hydrogen) atoms. The summed E-state index contributed by atoms with van der Waals surface area (Å²) in [7, 11) is 0. The standard InChI is InChI=1S/C17H19FN2/c18-17-9-5-4-6-15(17)13-20(12-14-10-19-11-14)16-7-2-1-3-8-16/h1-9,14,19H,10-13H2. The number of para-hydroxylation sites is 1. The second-order valence-electron chi connectivity index (χ2n) is 5.33. The molecule has 1 aliphatic rings. The molecule has 2 aromatic carbocycles. The minimum Gasteiger partial charge on any atom is -0.367 e. The Bertz CT molecular complexity index is 552. The Kier molecular flexibility index (Phi) is 3.97. The molecule has 1 heterocycles. The quantitative estimate of drug-likeness (QED) is 0.898. The van der Waals surface area contributed by atoms with Crippen molar-refractivity contribution in [2.45, 2.75) is 6.54 Å². The lowest BCUT2D eigenvalue weighted by molar-refractivity contribution is 0.347. The Labute approximate surface area is 119 Å². The topological polar surface area (TPSA) is 15.3 Å². The minimum atomic E-state index is -0.125. The Balaban J connectivity index is 1.80. The zero-order chi connectivity index (χ0) is 13.8. The van der Waals surface area contributed by atoms with Crippen molar-refractivity contribution in [3.63, 3.8) is 0 Å². The van der Waals surface area contributed by atoms with E-state index in [0.717, 1.165) is 30.9 Å². The Morgan fingerprint density at radius 3 is 2.35 bits per heavy atom. The van der Waals surface area contributed by atoms with E-state index in [-0.39, 0.29) is 5.82 Å². The van der Waals surface area contributed by atoms with Crippen molar-refractivity contribution < 1.29 is 4.39 Å². The summed E-state index contributed by atoms with van der Waals surface area (Å²) in [5.74, 6) is 0.530. The van der Waals surface area contributed by atoms with Crippen molar-refractivity contribution in [2.75, 3.05) is 24.5 Å². The van der Waals surface area contributed by atoms with E-state index in [1.165, 1.54) is 6.07 Å². The molecule has 1 N–H and O–H groups in total. The number of benzene rings is 2. The molecule has 0 amide bonds. The van der Waals surface area contributed by atoms with E-state index in [0.29, 0.717) is 12.5 Å². The molecule has 2 aromatic rings. The maximum Gasteiger partial charge on any atom is 0.128 e. The molecule has 3 rings (SSSR count). The van der Waals surface area contributed by atoms with Gasteiger partial charge < -0.3 is 10.2 Å². The lowest BCUT2D eigenvalue weighted by Gasteiger charge is -2.34. The summed E-state index contributed by atoms with van der Waals surface area (Å²) in [5.41, 5.74) is 1.91. The van der Waals surface area contributed by atoms with Gasteiger partial charge in [-0.2, -0.15) is 0 Å². The van der Waals surface area contributed by atoms with Crippen LogP contribution in [0.3, 0.4) is 0 Å². The number of hydrogen-bond donors (Lipinski definition) is 1. The van der Waals surface area contributed by atoms with Gasteiger partial charge in [0.25, 0.3) is 0 Å². The van der Waals surface area contributed by atoms with E-state index in [2.05, 4.69) is 22.3 Å². The van der Waals surface area contributed by atoms with Crippen LogP contribution >= 0.6 is 0 Å². The first-order chi connectivity index (χ1) is 9.83. The van der Waals surface area contributed by atoms with Crippen LogP contribution in [0.25, 0.3) is 0 Å². The maximum absolute atomic E-state index is 13.9. The molecule has 1 saturated heterocycles. The lowest BCUT2D eigenvalue weighted by atomic mass is 10.0. The Hall–Kier alpha value is -1.87. The summed E-state index contributed by atoms with van der Waals surface area (Å²) in [6.45, 7) is 3.69. The van der Waals surface area contributed by atoms with Crippen LogP contribution in [-0.4, -0.2) is 19.6 Å². The second kappa shape index (κ2) is 6.06. The van der Waals surface area contributed by atoms with Gasteiger partial charge in [-0.05, 0) is 18.2 Å². The lowest BCUT2D eigenvalue weighted by Crippen LogP contribution is -2.48. The first-order valence-electron chi connectivity index (χ1n) is 7.07. The summed E-state index contributed by atoms with van der Waals surface area (Å²) in [6, 6.07) is 17.3. The van der Waals surface area contributed by atoms with Crippen molar-refractivity contribution in [1.82, 2.24) is 5.32 Å². The van der Waals surface area contributed by atoms with Crippen molar-refractivity contribution in [3.8, 4) is 0 Å². The van der Waals surface area contributed by atoms with Crippen LogP contribution < -0.4 is 10.2 Å². The van der Waals surface area contributed by atoms with E-state index in [1.807, 2.05) is 30.3 Å². The molecule has 0 atom stereocenters. The van der Waals surface area contributed by atoms with E-state index in [1.54, 1.807) is 6.07 Å². The van der Waals surface area contributed by atoms with Crippen LogP contribution in [0.2, 0.25) is 0 Å². The summed E-state index contributed by atoms with van der Waals surface area (Å²) in [5, 5.41) is 3.29. The first kappa shape index (κ1) is 13.1. The van der Waals surface area contributed by atoms with Gasteiger partial charge in [-0.15, -0.1) is 0 Å². The molecule has 0 radical (unpaired) electrons.